The van der Waals surface area contributed by atoms with Gasteiger partial charge in [0.15, 0.2) is 0 Å². The molecule has 1 unspecified atom stereocenters. The van der Waals surface area contributed by atoms with Crippen molar-refractivity contribution in [3.63, 3.8) is 0 Å². The van der Waals surface area contributed by atoms with Crippen LogP contribution in [0.4, 0.5) is 0 Å². The molecule has 2 rings (SSSR count). The highest BCUT2D eigenvalue weighted by Crippen LogP contribution is 2.07. The molecule has 1 atom stereocenters. The third-order valence-electron chi connectivity index (χ3n) is 3.02. The van der Waals surface area contributed by atoms with Crippen LogP contribution >= 0.6 is 12.4 Å². The van der Waals surface area contributed by atoms with E-state index in [9.17, 15) is 4.79 Å². The second-order valence-corrected chi connectivity index (χ2v) is 4.31. The number of benzene rings is 1. The Hall–Kier alpha value is -1.06. The summed E-state index contributed by atoms with van der Waals surface area (Å²) in [6, 6.07) is 10.1. The molecule has 0 spiro atoms. The fourth-order valence-electron chi connectivity index (χ4n) is 2.07. The molecule has 1 fully saturated rings. The van der Waals surface area contributed by atoms with Crippen LogP contribution in [-0.2, 0) is 11.2 Å². The van der Waals surface area contributed by atoms with E-state index >= 15 is 0 Å². The largest absolute Gasteiger partial charge is 0.344 e. The highest BCUT2D eigenvalue weighted by molar-refractivity contribution is 5.85. The molecule has 1 aliphatic heterocycles. The highest BCUT2D eigenvalue weighted by atomic mass is 35.5. The minimum atomic E-state index is -0.0603. The summed E-state index contributed by atoms with van der Waals surface area (Å²) in [7, 11) is 1.88. The molecule has 1 aromatic rings. The third-order valence-corrected chi connectivity index (χ3v) is 3.02. The molecule has 17 heavy (non-hydrogen) atoms. The molecule has 4 heteroatoms. The van der Waals surface area contributed by atoms with Gasteiger partial charge >= 0.3 is 0 Å². The Balaban J connectivity index is 0.00000144. The molecular formula is C13H19ClN2O. The Morgan fingerprint density at radius 2 is 2.06 bits per heavy atom. The van der Waals surface area contributed by atoms with E-state index in [1.165, 1.54) is 5.56 Å². The molecule has 1 aliphatic rings. The molecule has 1 heterocycles. The highest BCUT2D eigenvalue weighted by Gasteiger charge is 2.23. The van der Waals surface area contributed by atoms with Crippen molar-refractivity contribution in [3.8, 4) is 0 Å². The van der Waals surface area contributed by atoms with Gasteiger partial charge in [0.2, 0.25) is 5.91 Å². The second-order valence-electron chi connectivity index (χ2n) is 4.31. The van der Waals surface area contributed by atoms with Crippen LogP contribution in [0.25, 0.3) is 0 Å². The van der Waals surface area contributed by atoms with Crippen molar-refractivity contribution in [2.75, 3.05) is 20.1 Å². The number of nitrogens with one attached hydrogen (secondary N) is 1. The van der Waals surface area contributed by atoms with Crippen molar-refractivity contribution in [3.05, 3.63) is 35.9 Å². The molecule has 0 aliphatic carbocycles. The molecule has 1 amide bonds. The van der Waals surface area contributed by atoms with Crippen LogP contribution in [0.1, 0.15) is 12.0 Å². The molecule has 0 saturated carbocycles. The van der Waals surface area contributed by atoms with Gasteiger partial charge in [0, 0.05) is 13.6 Å². The monoisotopic (exact) mass is 254 g/mol. The quantitative estimate of drug-likeness (QED) is 0.867. The zero-order valence-electron chi connectivity index (χ0n) is 10.1. The van der Waals surface area contributed by atoms with E-state index in [-0.39, 0.29) is 24.4 Å². The summed E-state index contributed by atoms with van der Waals surface area (Å²) in [6.07, 6.45) is 1.82. The number of carbonyl (C=O) groups excluding carboxylic acids is 1. The molecule has 94 valence electrons. The summed E-state index contributed by atoms with van der Waals surface area (Å²) in [6.45, 7) is 1.78. The van der Waals surface area contributed by atoms with Crippen molar-refractivity contribution in [2.45, 2.75) is 18.9 Å². The maximum Gasteiger partial charge on any atom is 0.239 e. The maximum atomic E-state index is 12.0. The summed E-state index contributed by atoms with van der Waals surface area (Å²) in [5, 5.41) is 3.32. The molecule has 3 nitrogen and oxygen atoms in total. The average molecular weight is 255 g/mol. The average Bonchev–Trinajstić information content (AvgIpc) is 2.46. The third kappa shape index (κ3) is 3.72. The lowest BCUT2D eigenvalue weighted by Gasteiger charge is -2.20. The molecule has 1 aromatic carbocycles. The Bertz CT molecular complexity index is 356. The number of likely N-dealkylation sites (N-methyl/N-ethyl adjacent to an activating group) is 1. The Kier molecular flexibility index (Phi) is 5.45. The van der Waals surface area contributed by atoms with E-state index in [4.69, 9.17) is 0 Å². The Morgan fingerprint density at radius 1 is 1.35 bits per heavy atom. The lowest BCUT2D eigenvalue weighted by atomic mass is 10.1. The first-order valence-corrected chi connectivity index (χ1v) is 5.79. The topological polar surface area (TPSA) is 32.3 Å². The van der Waals surface area contributed by atoms with Gasteiger partial charge < -0.3 is 10.2 Å². The summed E-state index contributed by atoms with van der Waals surface area (Å²) >= 11 is 0. The number of nitrogens with zero attached hydrogens (tertiary/aromatic N) is 1. The molecule has 1 N–H and O–H groups in total. The minimum Gasteiger partial charge on any atom is -0.344 e. The van der Waals surface area contributed by atoms with Crippen molar-refractivity contribution in [1.29, 1.82) is 0 Å². The molecular weight excluding hydrogens is 236 g/mol. The van der Waals surface area contributed by atoms with E-state index in [1.54, 1.807) is 0 Å². The van der Waals surface area contributed by atoms with Gasteiger partial charge in [-0.3, -0.25) is 4.79 Å². The van der Waals surface area contributed by atoms with Crippen LogP contribution in [0.3, 0.4) is 0 Å². The predicted molar refractivity (Wildman–Crippen MR) is 71.4 cm³/mol. The van der Waals surface area contributed by atoms with Crippen LogP contribution in [0.15, 0.2) is 30.3 Å². The van der Waals surface area contributed by atoms with Gasteiger partial charge in [-0.05, 0) is 24.9 Å². The van der Waals surface area contributed by atoms with Crippen molar-refractivity contribution in [1.82, 2.24) is 10.2 Å². The summed E-state index contributed by atoms with van der Waals surface area (Å²) in [5.41, 5.74) is 1.21. The van der Waals surface area contributed by atoms with Crippen LogP contribution in [0.2, 0.25) is 0 Å². The summed E-state index contributed by atoms with van der Waals surface area (Å²) in [5.74, 6) is 0.210. The number of halogens is 1. The Labute approximate surface area is 109 Å². The number of hydrogen-bond acceptors (Lipinski definition) is 2. The van der Waals surface area contributed by atoms with Crippen LogP contribution in [-0.4, -0.2) is 37.0 Å². The lowest BCUT2D eigenvalue weighted by Crippen LogP contribution is -2.43. The fourth-order valence-corrected chi connectivity index (χ4v) is 2.07. The SMILES string of the molecule is CN1CCCNC(Cc2ccccc2)C1=O.Cl. The van der Waals surface area contributed by atoms with Crippen molar-refractivity contribution < 1.29 is 4.79 Å². The smallest absolute Gasteiger partial charge is 0.239 e. The molecule has 1 saturated heterocycles. The van der Waals surface area contributed by atoms with E-state index in [0.29, 0.717) is 0 Å². The number of carbonyl (C=O) groups is 1. The number of amides is 1. The van der Waals surface area contributed by atoms with Crippen LogP contribution in [0, 0.1) is 0 Å². The van der Waals surface area contributed by atoms with E-state index in [1.807, 2.05) is 30.1 Å². The van der Waals surface area contributed by atoms with Crippen LogP contribution < -0.4 is 5.32 Å². The maximum absolute atomic E-state index is 12.0. The van der Waals surface area contributed by atoms with Crippen molar-refractivity contribution >= 4 is 18.3 Å². The normalized spacial score (nSPS) is 20.6. The van der Waals surface area contributed by atoms with Gasteiger partial charge in [-0.1, -0.05) is 30.3 Å². The number of rotatable bonds is 2. The molecule has 0 aromatic heterocycles. The zero-order valence-corrected chi connectivity index (χ0v) is 10.9. The van der Waals surface area contributed by atoms with E-state index in [2.05, 4.69) is 17.4 Å². The first kappa shape index (κ1) is 14.0. The van der Waals surface area contributed by atoms with E-state index in [0.717, 1.165) is 25.9 Å². The van der Waals surface area contributed by atoms with Gasteiger partial charge in [0.25, 0.3) is 0 Å². The van der Waals surface area contributed by atoms with Gasteiger partial charge in [-0.15, -0.1) is 12.4 Å². The first-order chi connectivity index (χ1) is 7.77. The minimum absolute atomic E-state index is 0. The summed E-state index contributed by atoms with van der Waals surface area (Å²) < 4.78 is 0. The van der Waals surface area contributed by atoms with Gasteiger partial charge in [-0.25, -0.2) is 0 Å². The number of hydrogen-bond donors (Lipinski definition) is 1. The molecule has 0 bridgehead atoms. The lowest BCUT2D eigenvalue weighted by molar-refractivity contribution is -0.131. The molecule has 0 radical (unpaired) electrons. The van der Waals surface area contributed by atoms with E-state index < -0.39 is 0 Å². The van der Waals surface area contributed by atoms with Gasteiger partial charge in [-0.2, -0.15) is 0 Å². The summed E-state index contributed by atoms with van der Waals surface area (Å²) in [4.78, 5) is 13.8. The van der Waals surface area contributed by atoms with Gasteiger partial charge in [0.1, 0.15) is 0 Å². The van der Waals surface area contributed by atoms with Crippen molar-refractivity contribution in [2.24, 2.45) is 0 Å². The van der Waals surface area contributed by atoms with Gasteiger partial charge in [0.05, 0.1) is 6.04 Å². The van der Waals surface area contributed by atoms with Crippen LogP contribution in [0.5, 0.6) is 0 Å². The second kappa shape index (κ2) is 6.62. The predicted octanol–water partition coefficient (Wildman–Crippen LogP) is 1.47. The fraction of sp³-hybridized carbons (Fsp3) is 0.462. The standard InChI is InChI=1S/C13H18N2O.ClH/c1-15-9-5-8-14-12(13(15)16)10-11-6-3-2-4-7-11;/h2-4,6-7,12,14H,5,8-10H2,1H3;1H. The zero-order chi connectivity index (χ0) is 11.4. The Morgan fingerprint density at radius 3 is 2.76 bits per heavy atom. The first-order valence-electron chi connectivity index (χ1n) is 5.79.